The molecule has 0 radical (unpaired) electrons. The Labute approximate surface area is 154 Å². The van der Waals surface area contributed by atoms with Crippen LogP contribution in [0.1, 0.15) is 23.6 Å². The molecule has 1 fully saturated rings. The summed E-state index contributed by atoms with van der Waals surface area (Å²) in [4.78, 5) is 7.04. The van der Waals surface area contributed by atoms with Gasteiger partial charge in [-0.3, -0.25) is 0 Å². The van der Waals surface area contributed by atoms with Gasteiger partial charge in [-0.25, -0.2) is 4.98 Å². The maximum Gasteiger partial charge on any atom is 0.135 e. The fraction of sp³-hybridized carbons (Fsp3) is 0.318. The van der Waals surface area contributed by atoms with Crippen molar-refractivity contribution < 1.29 is 9.84 Å². The third kappa shape index (κ3) is 3.01. The van der Waals surface area contributed by atoms with Crippen molar-refractivity contribution in [2.75, 3.05) is 18.0 Å². The number of anilines is 1. The molecule has 0 unspecified atom stereocenters. The van der Waals surface area contributed by atoms with E-state index in [0.717, 1.165) is 53.1 Å². The van der Waals surface area contributed by atoms with E-state index >= 15 is 0 Å². The Morgan fingerprint density at radius 3 is 2.69 bits per heavy atom. The van der Waals surface area contributed by atoms with E-state index in [1.54, 1.807) is 0 Å². The van der Waals surface area contributed by atoms with Crippen molar-refractivity contribution in [2.45, 2.75) is 33.0 Å². The lowest BCUT2D eigenvalue weighted by molar-refractivity contribution is 0.164. The number of aliphatic hydroxyl groups is 1. The van der Waals surface area contributed by atoms with Crippen molar-refractivity contribution in [3.8, 4) is 5.75 Å². The van der Waals surface area contributed by atoms with Crippen LogP contribution in [0.5, 0.6) is 5.75 Å². The Kier molecular flexibility index (Phi) is 4.51. The van der Waals surface area contributed by atoms with E-state index in [4.69, 9.17) is 9.72 Å². The van der Waals surface area contributed by atoms with Gasteiger partial charge in [0.15, 0.2) is 0 Å². The van der Waals surface area contributed by atoms with Crippen molar-refractivity contribution in [1.29, 1.82) is 0 Å². The number of hydrogen-bond donors (Lipinski definition) is 1. The molecule has 3 aromatic rings. The first-order valence-electron chi connectivity index (χ1n) is 9.19. The zero-order valence-corrected chi connectivity index (χ0v) is 15.3. The van der Waals surface area contributed by atoms with Gasteiger partial charge in [-0.2, -0.15) is 0 Å². The van der Waals surface area contributed by atoms with Gasteiger partial charge in [-0.15, -0.1) is 0 Å². The SMILES string of the molecule is CCc1ccccc1OC1CN(c2nc3c(C)cccc3cc2CO)C1. The first-order valence-corrected chi connectivity index (χ1v) is 9.19. The molecule has 0 saturated carbocycles. The molecule has 1 N–H and O–H groups in total. The van der Waals surface area contributed by atoms with Crippen LogP contribution in [0.15, 0.2) is 48.5 Å². The summed E-state index contributed by atoms with van der Waals surface area (Å²) in [5.74, 6) is 1.85. The average Bonchev–Trinajstić information content (AvgIpc) is 2.64. The van der Waals surface area contributed by atoms with Crippen LogP contribution in [0.4, 0.5) is 5.82 Å². The number of aromatic nitrogens is 1. The summed E-state index contributed by atoms with van der Waals surface area (Å²) in [7, 11) is 0. The molecule has 2 heterocycles. The molecule has 0 amide bonds. The van der Waals surface area contributed by atoms with Crippen LogP contribution in [-0.2, 0) is 13.0 Å². The molecule has 4 heteroatoms. The minimum Gasteiger partial charge on any atom is -0.486 e. The fourth-order valence-corrected chi connectivity index (χ4v) is 3.55. The summed E-state index contributed by atoms with van der Waals surface area (Å²) < 4.78 is 6.18. The molecule has 0 atom stereocenters. The number of fused-ring (bicyclic) bond motifs is 1. The molecule has 2 aromatic carbocycles. The molecular weight excluding hydrogens is 324 g/mol. The van der Waals surface area contributed by atoms with Crippen molar-refractivity contribution in [1.82, 2.24) is 4.98 Å². The second-order valence-corrected chi connectivity index (χ2v) is 6.88. The first kappa shape index (κ1) is 16.9. The number of ether oxygens (including phenoxy) is 1. The largest absolute Gasteiger partial charge is 0.486 e. The number of para-hydroxylation sites is 2. The maximum absolute atomic E-state index is 9.79. The lowest BCUT2D eigenvalue weighted by atomic mass is 10.1. The van der Waals surface area contributed by atoms with Crippen LogP contribution < -0.4 is 9.64 Å². The average molecular weight is 348 g/mol. The monoisotopic (exact) mass is 348 g/mol. The third-order valence-corrected chi connectivity index (χ3v) is 5.07. The molecule has 0 bridgehead atoms. The van der Waals surface area contributed by atoms with Crippen LogP contribution >= 0.6 is 0 Å². The second-order valence-electron chi connectivity index (χ2n) is 6.88. The molecule has 1 saturated heterocycles. The summed E-state index contributed by atoms with van der Waals surface area (Å²) in [6, 6.07) is 16.4. The Balaban J connectivity index is 1.54. The van der Waals surface area contributed by atoms with Crippen LogP contribution in [0.25, 0.3) is 10.9 Å². The van der Waals surface area contributed by atoms with Gasteiger partial charge in [0.2, 0.25) is 0 Å². The van der Waals surface area contributed by atoms with E-state index in [1.807, 2.05) is 36.4 Å². The zero-order chi connectivity index (χ0) is 18.1. The molecule has 26 heavy (non-hydrogen) atoms. The van der Waals surface area contributed by atoms with Gasteiger partial charge in [0.25, 0.3) is 0 Å². The highest BCUT2D eigenvalue weighted by Crippen LogP contribution is 2.30. The predicted octanol–water partition coefficient (Wildman–Crippen LogP) is 3.87. The van der Waals surface area contributed by atoms with Crippen molar-refractivity contribution in [2.24, 2.45) is 0 Å². The molecule has 0 spiro atoms. The molecule has 1 aliphatic rings. The number of hydrogen-bond acceptors (Lipinski definition) is 4. The van der Waals surface area contributed by atoms with Crippen molar-refractivity contribution in [3.05, 3.63) is 65.2 Å². The minimum absolute atomic E-state index is 0.00704. The summed E-state index contributed by atoms with van der Waals surface area (Å²) >= 11 is 0. The maximum atomic E-state index is 9.79. The van der Waals surface area contributed by atoms with Crippen LogP contribution in [0, 0.1) is 6.92 Å². The van der Waals surface area contributed by atoms with Gasteiger partial charge >= 0.3 is 0 Å². The van der Waals surface area contributed by atoms with Gasteiger partial charge in [0.1, 0.15) is 17.7 Å². The molecule has 1 aliphatic heterocycles. The smallest absolute Gasteiger partial charge is 0.135 e. The Bertz CT molecular complexity index is 933. The summed E-state index contributed by atoms with van der Waals surface area (Å²) in [5, 5.41) is 10.9. The third-order valence-electron chi connectivity index (χ3n) is 5.07. The highest BCUT2D eigenvalue weighted by Gasteiger charge is 2.31. The molecule has 4 rings (SSSR count). The van der Waals surface area contributed by atoms with Crippen LogP contribution in [-0.4, -0.2) is 29.3 Å². The van der Waals surface area contributed by atoms with Gasteiger partial charge in [-0.1, -0.05) is 43.3 Å². The molecular formula is C22H24N2O2. The fourth-order valence-electron chi connectivity index (χ4n) is 3.55. The lowest BCUT2D eigenvalue weighted by Crippen LogP contribution is -2.54. The van der Waals surface area contributed by atoms with Gasteiger partial charge in [0, 0.05) is 10.9 Å². The van der Waals surface area contributed by atoms with Gasteiger partial charge in [0.05, 0.1) is 25.2 Å². The van der Waals surface area contributed by atoms with E-state index in [1.165, 1.54) is 5.56 Å². The quantitative estimate of drug-likeness (QED) is 0.760. The van der Waals surface area contributed by atoms with Crippen molar-refractivity contribution >= 4 is 16.7 Å². The zero-order valence-electron chi connectivity index (χ0n) is 15.3. The second kappa shape index (κ2) is 6.96. The summed E-state index contributed by atoms with van der Waals surface area (Å²) in [6.45, 7) is 5.78. The van der Waals surface area contributed by atoms with Crippen LogP contribution in [0.3, 0.4) is 0 Å². The molecule has 1 aromatic heterocycles. The van der Waals surface area contributed by atoms with Crippen molar-refractivity contribution in [3.63, 3.8) is 0 Å². The minimum atomic E-state index is -0.00704. The topological polar surface area (TPSA) is 45.6 Å². The van der Waals surface area contributed by atoms with E-state index < -0.39 is 0 Å². The van der Waals surface area contributed by atoms with Crippen LogP contribution in [0.2, 0.25) is 0 Å². The Morgan fingerprint density at radius 1 is 1.12 bits per heavy atom. The summed E-state index contributed by atoms with van der Waals surface area (Å²) in [6.07, 6.45) is 1.12. The van der Waals surface area contributed by atoms with E-state index in [-0.39, 0.29) is 12.7 Å². The highest BCUT2D eigenvalue weighted by molar-refractivity contribution is 5.84. The van der Waals surface area contributed by atoms with E-state index in [0.29, 0.717) is 0 Å². The number of benzene rings is 2. The summed E-state index contributed by atoms with van der Waals surface area (Å²) in [5.41, 5.74) is 4.26. The Morgan fingerprint density at radius 2 is 1.92 bits per heavy atom. The molecule has 4 nitrogen and oxygen atoms in total. The molecule has 134 valence electrons. The van der Waals surface area contributed by atoms with Gasteiger partial charge < -0.3 is 14.7 Å². The number of pyridine rings is 1. The number of aryl methyl sites for hydroxylation is 2. The molecule has 0 aliphatic carbocycles. The first-order chi connectivity index (χ1) is 12.7. The van der Waals surface area contributed by atoms with E-state index in [2.05, 4.69) is 30.9 Å². The highest BCUT2D eigenvalue weighted by atomic mass is 16.5. The number of nitrogens with zero attached hydrogens (tertiary/aromatic N) is 2. The lowest BCUT2D eigenvalue weighted by Gasteiger charge is -2.41. The number of rotatable bonds is 5. The van der Waals surface area contributed by atoms with Gasteiger partial charge in [-0.05, 0) is 36.6 Å². The standard InChI is InChI=1S/C22H24N2O2/c1-3-16-8-4-5-10-20(16)26-19-12-24(13-19)22-18(14-25)11-17-9-6-7-15(2)21(17)23-22/h4-11,19,25H,3,12-14H2,1-2H3. The Hall–Kier alpha value is -2.59. The normalized spacial score (nSPS) is 14.5. The predicted molar refractivity (Wildman–Crippen MR) is 105 cm³/mol. The number of aliphatic hydroxyl groups excluding tert-OH is 1. The van der Waals surface area contributed by atoms with E-state index in [9.17, 15) is 5.11 Å².